The molecule has 1 aliphatic heterocycles. The fourth-order valence-electron chi connectivity index (χ4n) is 4.44. The van der Waals surface area contributed by atoms with Gasteiger partial charge in [-0.3, -0.25) is 4.98 Å². The highest BCUT2D eigenvalue weighted by Crippen LogP contribution is 2.40. The van der Waals surface area contributed by atoms with Crippen molar-refractivity contribution in [2.45, 2.75) is 31.2 Å². The van der Waals surface area contributed by atoms with Crippen LogP contribution in [0.4, 0.5) is 0 Å². The second-order valence-electron chi connectivity index (χ2n) is 8.41. The summed E-state index contributed by atoms with van der Waals surface area (Å²) in [6.07, 6.45) is 5.62. The van der Waals surface area contributed by atoms with Gasteiger partial charge in [-0.1, -0.05) is 30.8 Å². The van der Waals surface area contributed by atoms with Crippen LogP contribution in [-0.4, -0.2) is 54.0 Å². The number of nitrogens with zero attached hydrogens (tertiary/aromatic N) is 2. The number of methoxy groups -OCH3 is 1. The van der Waals surface area contributed by atoms with Crippen LogP contribution in [0, 0.1) is 0 Å². The van der Waals surface area contributed by atoms with Crippen LogP contribution >= 0.6 is 0 Å². The minimum atomic E-state index is -0.916. The smallest absolute Gasteiger partial charge is 0.331 e. The van der Waals surface area contributed by atoms with Crippen molar-refractivity contribution >= 4 is 16.7 Å². The third kappa shape index (κ3) is 5.38. The molecular formula is C27H30N2O5. The highest BCUT2D eigenvalue weighted by molar-refractivity contribution is 5.87. The number of aromatic nitrogens is 1. The second-order valence-corrected chi connectivity index (χ2v) is 8.41. The lowest BCUT2D eigenvalue weighted by Crippen LogP contribution is -2.46. The molecule has 0 bridgehead atoms. The summed E-state index contributed by atoms with van der Waals surface area (Å²) < 4.78 is 16.7. The summed E-state index contributed by atoms with van der Waals surface area (Å²) in [5.41, 5.74) is 0.150. The van der Waals surface area contributed by atoms with E-state index < -0.39 is 17.9 Å². The quantitative estimate of drug-likeness (QED) is 0.292. The number of likely N-dealkylation sites (tertiary alicyclic amines) is 1. The van der Waals surface area contributed by atoms with Crippen molar-refractivity contribution in [1.82, 2.24) is 9.88 Å². The molecule has 1 N–H and O–H groups in total. The predicted molar refractivity (Wildman–Crippen MR) is 130 cm³/mol. The number of aliphatic hydroxyl groups excluding tert-OH is 1. The zero-order valence-corrected chi connectivity index (χ0v) is 19.4. The van der Waals surface area contributed by atoms with Crippen molar-refractivity contribution in [3.63, 3.8) is 0 Å². The first-order valence-corrected chi connectivity index (χ1v) is 11.4. The Labute approximate surface area is 199 Å². The number of fused-ring (bicyclic) bond motifs is 1. The van der Waals surface area contributed by atoms with Gasteiger partial charge in [-0.25, -0.2) is 4.79 Å². The molecule has 34 heavy (non-hydrogen) atoms. The normalized spacial score (nSPS) is 16.5. The van der Waals surface area contributed by atoms with Crippen LogP contribution in [0.3, 0.4) is 0 Å². The second kappa shape index (κ2) is 10.7. The summed E-state index contributed by atoms with van der Waals surface area (Å²) in [5.74, 6) is 0.882. The van der Waals surface area contributed by atoms with Gasteiger partial charge in [0.05, 0.1) is 7.11 Å². The molecule has 0 radical (unpaired) electrons. The maximum atomic E-state index is 12.3. The van der Waals surface area contributed by atoms with Crippen LogP contribution in [0.5, 0.6) is 11.5 Å². The number of benzene rings is 2. The largest absolute Gasteiger partial charge is 0.497 e. The molecule has 7 heteroatoms. The number of rotatable bonds is 9. The molecule has 2 heterocycles. The van der Waals surface area contributed by atoms with Crippen molar-refractivity contribution < 1.29 is 24.1 Å². The Balaban J connectivity index is 1.41. The molecule has 0 saturated carbocycles. The number of carbonyl (C=O) groups excluding carboxylic acids is 1. The Morgan fingerprint density at radius 2 is 1.85 bits per heavy atom. The Morgan fingerprint density at radius 3 is 2.56 bits per heavy atom. The lowest BCUT2D eigenvalue weighted by atomic mass is 9.82. The van der Waals surface area contributed by atoms with E-state index in [0.29, 0.717) is 44.6 Å². The van der Waals surface area contributed by atoms with E-state index in [1.54, 1.807) is 37.6 Å². The molecule has 1 atom stereocenters. The summed E-state index contributed by atoms with van der Waals surface area (Å²) in [6, 6.07) is 15.1. The monoisotopic (exact) mass is 462 g/mol. The first-order chi connectivity index (χ1) is 16.5. The molecule has 1 unspecified atom stereocenters. The Kier molecular flexibility index (Phi) is 7.45. The van der Waals surface area contributed by atoms with Gasteiger partial charge in [-0.05, 0) is 29.7 Å². The number of hydrogen-bond donors (Lipinski definition) is 1. The lowest BCUT2D eigenvalue weighted by molar-refractivity contribution is -0.160. The number of aliphatic hydroxyl groups is 1. The van der Waals surface area contributed by atoms with E-state index in [9.17, 15) is 9.90 Å². The summed E-state index contributed by atoms with van der Waals surface area (Å²) in [4.78, 5) is 18.9. The molecular weight excluding hydrogens is 432 g/mol. The lowest BCUT2D eigenvalue weighted by Gasteiger charge is -2.41. The Bertz CT molecular complexity index is 1120. The van der Waals surface area contributed by atoms with Crippen LogP contribution in [-0.2, 0) is 15.1 Å². The standard InChI is InChI=1S/C27H30N2O5/c1-3-25(30)34-27(24-19-28-18-20-6-4-5-7-23(20)24)13-16-29(17-14-27)15-12-26(31)33-22-10-8-21(32-2)9-11-22/h3-11,18-19,26,31H,1,12-17H2,2H3. The van der Waals surface area contributed by atoms with Crippen LogP contribution < -0.4 is 9.47 Å². The van der Waals surface area contributed by atoms with E-state index in [4.69, 9.17) is 14.2 Å². The SMILES string of the molecule is C=CC(=O)OC1(c2cncc3ccccc23)CCN(CCC(O)Oc2ccc(OC)cc2)CC1. The van der Waals surface area contributed by atoms with Gasteiger partial charge in [-0.15, -0.1) is 0 Å². The highest BCUT2D eigenvalue weighted by atomic mass is 16.6. The highest BCUT2D eigenvalue weighted by Gasteiger charge is 2.41. The molecule has 0 spiro atoms. The van der Waals surface area contributed by atoms with Crippen molar-refractivity contribution in [3.05, 3.63) is 79.1 Å². The number of pyridine rings is 1. The minimum absolute atomic E-state index is 0.440. The van der Waals surface area contributed by atoms with E-state index in [1.165, 1.54) is 6.08 Å². The van der Waals surface area contributed by atoms with Crippen molar-refractivity contribution in [1.29, 1.82) is 0 Å². The average molecular weight is 463 g/mol. The number of esters is 1. The Morgan fingerprint density at radius 1 is 1.15 bits per heavy atom. The van der Waals surface area contributed by atoms with Crippen LogP contribution in [0.1, 0.15) is 24.8 Å². The fraction of sp³-hybridized carbons (Fsp3) is 0.333. The molecule has 178 valence electrons. The van der Waals surface area contributed by atoms with E-state index in [-0.39, 0.29) is 0 Å². The molecule has 3 aromatic rings. The maximum Gasteiger partial charge on any atom is 0.331 e. The average Bonchev–Trinajstić information content (AvgIpc) is 2.88. The summed E-state index contributed by atoms with van der Waals surface area (Å²) in [5, 5.41) is 12.4. The van der Waals surface area contributed by atoms with Gasteiger partial charge < -0.3 is 24.2 Å². The first kappa shape index (κ1) is 23.7. The van der Waals surface area contributed by atoms with Gasteiger partial charge >= 0.3 is 5.97 Å². The van der Waals surface area contributed by atoms with Crippen LogP contribution in [0.25, 0.3) is 10.8 Å². The van der Waals surface area contributed by atoms with Gasteiger partial charge in [0.15, 0.2) is 6.29 Å². The van der Waals surface area contributed by atoms with Gasteiger partial charge in [-0.2, -0.15) is 0 Å². The summed E-state index contributed by atoms with van der Waals surface area (Å²) >= 11 is 0. The number of hydrogen-bond acceptors (Lipinski definition) is 7. The maximum absolute atomic E-state index is 12.3. The van der Waals surface area contributed by atoms with Crippen molar-refractivity contribution in [2.24, 2.45) is 0 Å². The fourth-order valence-corrected chi connectivity index (χ4v) is 4.44. The Hall–Kier alpha value is -3.42. The molecule has 1 aliphatic rings. The van der Waals surface area contributed by atoms with E-state index >= 15 is 0 Å². The van der Waals surface area contributed by atoms with Crippen molar-refractivity contribution in [2.75, 3.05) is 26.7 Å². The number of carbonyl (C=O) groups is 1. The van der Waals surface area contributed by atoms with E-state index in [2.05, 4.69) is 16.5 Å². The van der Waals surface area contributed by atoms with Crippen LogP contribution in [0.15, 0.2) is 73.6 Å². The van der Waals surface area contributed by atoms with E-state index in [0.717, 1.165) is 22.1 Å². The number of piperidine rings is 1. The molecule has 0 aliphatic carbocycles. The molecule has 1 aromatic heterocycles. The molecule has 7 nitrogen and oxygen atoms in total. The van der Waals surface area contributed by atoms with Gasteiger partial charge in [0, 0.05) is 68.3 Å². The zero-order valence-electron chi connectivity index (χ0n) is 19.4. The minimum Gasteiger partial charge on any atom is -0.497 e. The molecule has 0 amide bonds. The summed E-state index contributed by atoms with van der Waals surface area (Å²) in [7, 11) is 1.60. The van der Waals surface area contributed by atoms with Crippen molar-refractivity contribution in [3.8, 4) is 11.5 Å². The van der Waals surface area contributed by atoms with Crippen LogP contribution in [0.2, 0.25) is 0 Å². The molecule has 1 fully saturated rings. The van der Waals surface area contributed by atoms with E-state index in [1.807, 2.05) is 30.5 Å². The van der Waals surface area contributed by atoms with Gasteiger partial charge in [0.25, 0.3) is 0 Å². The molecule has 1 saturated heterocycles. The summed E-state index contributed by atoms with van der Waals surface area (Å²) in [6.45, 7) is 5.66. The molecule has 2 aromatic carbocycles. The number of ether oxygens (including phenoxy) is 3. The third-order valence-corrected chi connectivity index (χ3v) is 6.31. The van der Waals surface area contributed by atoms with Gasteiger partial charge in [0.1, 0.15) is 17.1 Å². The topological polar surface area (TPSA) is 81.1 Å². The molecule has 4 rings (SSSR count). The predicted octanol–water partition coefficient (Wildman–Crippen LogP) is 4.05. The first-order valence-electron chi connectivity index (χ1n) is 11.4. The third-order valence-electron chi connectivity index (χ3n) is 6.31. The zero-order chi connectivity index (χ0) is 24.0. The van der Waals surface area contributed by atoms with Gasteiger partial charge in [0.2, 0.25) is 0 Å².